The van der Waals surface area contributed by atoms with Gasteiger partial charge in [-0.3, -0.25) is 0 Å². The van der Waals surface area contributed by atoms with Crippen molar-refractivity contribution in [2.24, 2.45) is 0 Å². The Morgan fingerprint density at radius 1 is 1.36 bits per heavy atom. The van der Waals surface area contributed by atoms with Crippen LogP contribution in [0.15, 0.2) is 18.2 Å². The summed E-state index contributed by atoms with van der Waals surface area (Å²) in [7, 11) is 1.83. The second-order valence-corrected chi connectivity index (χ2v) is 3.85. The summed E-state index contributed by atoms with van der Waals surface area (Å²) >= 11 is 5.87. The normalized spacial score (nSPS) is 16.0. The fraction of sp³-hybridized carbons (Fsp3) is 0.400. The molecular formula is C10H12ClNO2. The highest BCUT2D eigenvalue weighted by molar-refractivity contribution is 6.13. The van der Waals surface area contributed by atoms with Crippen LogP contribution in [0.3, 0.4) is 0 Å². The lowest BCUT2D eigenvalue weighted by molar-refractivity contribution is 0.174. The number of benzene rings is 1. The van der Waals surface area contributed by atoms with Gasteiger partial charge in [0.05, 0.1) is 0 Å². The van der Waals surface area contributed by atoms with Gasteiger partial charge in [0.1, 0.15) is 0 Å². The van der Waals surface area contributed by atoms with E-state index in [0.717, 1.165) is 17.1 Å². The zero-order valence-electron chi connectivity index (χ0n) is 8.16. The summed E-state index contributed by atoms with van der Waals surface area (Å²) < 4.78 is 12.1. The molecule has 3 nitrogen and oxygen atoms in total. The van der Waals surface area contributed by atoms with Gasteiger partial charge in [-0.05, 0) is 36.4 Å². The van der Waals surface area contributed by atoms with Crippen LogP contribution in [-0.2, 0) is 0 Å². The maximum Gasteiger partial charge on any atom is 0.231 e. The first kappa shape index (κ1) is 9.62. The van der Waals surface area contributed by atoms with E-state index in [4.69, 9.17) is 21.3 Å². The van der Waals surface area contributed by atoms with Crippen molar-refractivity contribution in [3.8, 4) is 11.5 Å². The van der Waals surface area contributed by atoms with Crippen molar-refractivity contribution in [1.29, 1.82) is 0 Å². The molecule has 0 bridgehead atoms. The van der Waals surface area contributed by atoms with Crippen molar-refractivity contribution >= 4 is 11.8 Å². The lowest BCUT2D eigenvalue weighted by Crippen LogP contribution is -2.10. The van der Waals surface area contributed by atoms with E-state index < -0.39 is 0 Å². The average molecular weight is 214 g/mol. The van der Waals surface area contributed by atoms with E-state index in [2.05, 4.69) is 0 Å². The number of fused-ring (bicyclic) bond motifs is 1. The number of hydrogen-bond donors (Lipinski definition) is 0. The van der Waals surface area contributed by atoms with Crippen LogP contribution < -0.4 is 9.47 Å². The Bertz CT molecular complexity index is 341. The minimum atomic E-state index is 0.158. The van der Waals surface area contributed by atoms with Crippen LogP contribution in [0.4, 0.5) is 0 Å². The summed E-state index contributed by atoms with van der Waals surface area (Å²) in [5, 5.41) is 0. The second kappa shape index (κ2) is 3.67. The molecule has 1 aromatic rings. The Balaban J connectivity index is 2.28. The van der Waals surface area contributed by atoms with Gasteiger partial charge in [-0.25, -0.2) is 4.42 Å². The molecule has 1 aromatic carbocycles. The largest absolute Gasteiger partial charge is 0.454 e. The topological polar surface area (TPSA) is 21.7 Å². The van der Waals surface area contributed by atoms with E-state index >= 15 is 0 Å². The van der Waals surface area contributed by atoms with Gasteiger partial charge in [0.15, 0.2) is 11.5 Å². The Morgan fingerprint density at radius 2 is 2.07 bits per heavy atom. The third kappa shape index (κ3) is 1.65. The van der Waals surface area contributed by atoms with Crippen molar-refractivity contribution < 1.29 is 9.47 Å². The van der Waals surface area contributed by atoms with Crippen LogP contribution in [0.25, 0.3) is 0 Å². The quantitative estimate of drug-likeness (QED) is 0.705. The molecule has 1 aliphatic rings. The van der Waals surface area contributed by atoms with Gasteiger partial charge in [0, 0.05) is 13.1 Å². The summed E-state index contributed by atoms with van der Waals surface area (Å²) in [6.07, 6.45) is 0. The zero-order valence-corrected chi connectivity index (χ0v) is 8.91. The summed E-state index contributed by atoms with van der Waals surface area (Å²) in [5.41, 5.74) is 1.12. The Kier molecular flexibility index (Phi) is 2.52. The first-order valence-corrected chi connectivity index (χ1v) is 4.80. The van der Waals surface area contributed by atoms with Crippen molar-refractivity contribution in [3.63, 3.8) is 0 Å². The SMILES string of the molecule is C[C@@H](c1ccc2c(c1)OCO2)N(C)Cl. The van der Waals surface area contributed by atoms with Crippen LogP contribution >= 0.6 is 11.8 Å². The van der Waals surface area contributed by atoms with E-state index in [1.807, 2.05) is 32.2 Å². The fourth-order valence-corrected chi connectivity index (χ4v) is 1.49. The number of nitrogens with zero attached hydrogens (tertiary/aromatic N) is 1. The Morgan fingerprint density at radius 3 is 2.79 bits per heavy atom. The molecule has 76 valence electrons. The first-order valence-electron chi connectivity index (χ1n) is 4.46. The molecule has 1 atom stereocenters. The standard InChI is InChI=1S/C10H12ClNO2/c1-7(12(2)11)8-3-4-9-10(5-8)14-6-13-9/h3-5,7H,6H2,1-2H3/t7-/m0/s1. The van der Waals surface area contributed by atoms with Crippen molar-refractivity contribution in [1.82, 2.24) is 4.42 Å². The average Bonchev–Trinajstić information content (AvgIpc) is 2.62. The maximum absolute atomic E-state index is 5.87. The van der Waals surface area contributed by atoms with Crippen LogP contribution in [0.2, 0.25) is 0 Å². The van der Waals surface area contributed by atoms with Gasteiger partial charge < -0.3 is 9.47 Å². The third-order valence-corrected chi connectivity index (χ3v) is 2.71. The predicted octanol–water partition coefficient (Wildman–Crippen LogP) is 2.56. The van der Waals surface area contributed by atoms with E-state index in [0.29, 0.717) is 6.79 Å². The molecule has 0 amide bonds. The highest BCUT2D eigenvalue weighted by Gasteiger charge is 2.16. The molecule has 0 N–H and O–H groups in total. The molecule has 0 radical (unpaired) electrons. The Labute approximate surface area is 88.3 Å². The number of hydrogen-bond acceptors (Lipinski definition) is 3. The molecule has 1 heterocycles. The van der Waals surface area contributed by atoms with Gasteiger partial charge in [0.25, 0.3) is 0 Å². The zero-order chi connectivity index (χ0) is 10.1. The molecule has 0 fully saturated rings. The van der Waals surface area contributed by atoms with Crippen molar-refractivity contribution in [2.75, 3.05) is 13.8 Å². The molecule has 1 aliphatic heterocycles. The number of ether oxygens (including phenoxy) is 2. The number of halogens is 1. The van der Waals surface area contributed by atoms with Crippen LogP contribution in [0, 0.1) is 0 Å². The summed E-state index contributed by atoms with van der Waals surface area (Å²) in [6.45, 7) is 2.34. The lowest BCUT2D eigenvalue weighted by atomic mass is 10.1. The van der Waals surface area contributed by atoms with Crippen LogP contribution in [0.1, 0.15) is 18.5 Å². The van der Waals surface area contributed by atoms with Gasteiger partial charge in [-0.15, -0.1) is 0 Å². The van der Waals surface area contributed by atoms with E-state index in [-0.39, 0.29) is 6.04 Å². The molecule has 0 saturated heterocycles. The maximum atomic E-state index is 5.87. The summed E-state index contributed by atoms with van der Waals surface area (Å²) in [4.78, 5) is 0. The van der Waals surface area contributed by atoms with Gasteiger partial charge in [0.2, 0.25) is 6.79 Å². The molecule has 0 unspecified atom stereocenters. The number of rotatable bonds is 2. The monoisotopic (exact) mass is 213 g/mol. The highest BCUT2D eigenvalue weighted by atomic mass is 35.5. The van der Waals surface area contributed by atoms with Crippen molar-refractivity contribution in [3.05, 3.63) is 23.8 Å². The van der Waals surface area contributed by atoms with Gasteiger partial charge in [-0.2, -0.15) is 0 Å². The molecule has 0 aromatic heterocycles. The molecule has 4 heteroatoms. The second-order valence-electron chi connectivity index (χ2n) is 3.31. The molecule has 14 heavy (non-hydrogen) atoms. The van der Waals surface area contributed by atoms with E-state index in [1.165, 1.54) is 0 Å². The van der Waals surface area contributed by atoms with Gasteiger partial charge in [-0.1, -0.05) is 6.07 Å². The van der Waals surface area contributed by atoms with E-state index in [1.54, 1.807) is 4.42 Å². The van der Waals surface area contributed by atoms with Crippen LogP contribution in [-0.4, -0.2) is 18.3 Å². The van der Waals surface area contributed by atoms with Gasteiger partial charge >= 0.3 is 0 Å². The van der Waals surface area contributed by atoms with Crippen LogP contribution in [0.5, 0.6) is 11.5 Å². The molecular weight excluding hydrogens is 202 g/mol. The van der Waals surface area contributed by atoms with E-state index in [9.17, 15) is 0 Å². The minimum absolute atomic E-state index is 0.158. The molecule has 0 saturated carbocycles. The summed E-state index contributed by atoms with van der Waals surface area (Å²) in [6, 6.07) is 6.03. The fourth-order valence-electron chi connectivity index (χ4n) is 1.38. The highest BCUT2D eigenvalue weighted by Crippen LogP contribution is 2.35. The first-order chi connectivity index (χ1) is 6.68. The smallest absolute Gasteiger partial charge is 0.231 e. The predicted molar refractivity (Wildman–Crippen MR) is 54.6 cm³/mol. The third-order valence-electron chi connectivity index (χ3n) is 2.41. The Hall–Kier alpha value is -0.930. The molecule has 2 rings (SSSR count). The minimum Gasteiger partial charge on any atom is -0.454 e. The summed E-state index contributed by atoms with van der Waals surface area (Å²) in [5.74, 6) is 1.60. The molecule has 0 spiro atoms. The lowest BCUT2D eigenvalue weighted by Gasteiger charge is -2.17. The van der Waals surface area contributed by atoms with Crippen molar-refractivity contribution in [2.45, 2.75) is 13.0 Å². The molecule has 0 aliphatic carbocycles.